The molecule has 0 aromatic heterocycles. The lowest BCUT2D eigenvalue weighted by atomic mass is 9.93. The van der Waals surface area contributed by atoms with Crippen molar-refractivity contribution >= 4 is 23.8 Å². The van der Waals surface area contributed by atoms with Gasteiger partial charge in [-0.15, -0.1) is 0 Å². The number of primary amides is 1. The standard InChI is InChI=1S/C31H42N4O5/c1-19-11-10-12-20(2)26(19)27(28(37)33-18-22-13-8-7-9-14-22)35(24-17-21(24)3)29(38)23(15-16-25(32)36)34-30(39)40-31(4,5)6/h7-14,21,23-24,27H,15-18H2,1-6H3,(H2,32,36)(H,33,37)(H,34,39). The van der Waals surface area contributed by atoms with Crippen molar-refractivity contribution in [2.75, 3.05) is 0 Å². The minimum absolute atomic E-state index is 0.0177. The van der Waals surface area contributed by atoms with Gasteiger partial charge in [0, 0.05) is 19.0 Å². The quantitative estimate of drug-likeness (QED) is 0.388. The van der Waals surface area contributed by atoms with Gasteiger partial charge in [-0.2, -0.15) is 0 Å². The highest BCUT2D eigenvalue weighted by atomic mass is 16.6. The molecule has 4 unspecified atom stereocenters. The van der Waals surface area contributed by atoms with Crippen molar-refractivity contribution in [3.63, 3.8) is 0 Å². The number of amides is 4. The van der Waals surface area contributed by atoms with E-state index in [1.807, 2.05) is 69.3 Å². The summed E-state index contributed by atoms with van der Waals surface area (Å²) in [5, 5.41) is 5.67. The lowest BCUT2D eigenvalue weighted by molar-refractivity contribution is -0.143. The molecule has 4 amide bonds. The maximum Gasteiger partial charge on any atom is 0.408 e. The minimum Gasteiger partial charge on any atom is -0.444 e. The van der Waals surface area contributed by atoms with Crippen LogP contribution in [0.25, 0.3) is 0 Å². The van der Waals surface area contributed by atoms with Crippen molar-refractivity contribution in [1.29, 1.82) is 0 Å². The Balaban J connectivity index is 2.02. The van der Waals surface area contributed by atoms with Gasteiger partial charge in [-0.3, -0.25) is 14.4 Å². The summed E-state index contributed by atoms with van der Waals surface area (Å²) in [6.45, 7) is 11.3. The van der Waals surface area contributed by atoms with E-state index in [9.17, 15) is 19.2 Å². The van der Waals surface area contributed by atoms with Gasteiger partial charge in [0.15, 0.2) is 0 Å². The van der Waals surface area contributed by atoms with Crippen molar-refractivity contribution in [3.05, 3.63) is 70.8 Å². The highest BCUT2D eigenvalue weighted by molar-refractivity contribution is 5.93. The number of alkyl carbamates (subject to hydrolysis) is 1. The van der Waals surface area contributed by atoms with Crippen LogP contribution in [0, 0.1) is 19.8 Å². The van der Waals surface area contributed by atoms with E-state index in [0.29, 0.717) is 13.0 Å². The van der Waals surface area contributed by atoms with Crippen LogP contribution in [0.15, 0.2) is 48.5 Å². The van der Waals surface area contributed by atoms with Gasteiger partial charge in [0.25, 0.3) is 0 Å². The molecule has 2 aromatic rings. The second kappa shape index (κ2) is 13.0. The molecule has 2 aromatic carbocycles. The Kier molecular flexibility index (Phi) is 9.95. The Hall–Kier alpha value is -3.88. The highest BCUT2D eigenvalue weighted by Gasteiger charge is 2.48. The Morgan fingerprint density at radius 2 is 1.62 bits per heavy atom. The molecule has 1 saturated carbocycles. The third-order valence-corrected chi connectivity index (χ3v) is 7.00. The van der Waals surface area contributed by atoms with Crippen molar-refractivity contribution in [3.8, 4) is 0 Å². The number of nitrogens with one attached hydrogen (secondary N) is 2. The van der Waals surface area contributed by atoms with Gasteiger partial charge in [0.2, 0.25) is 17.7 Å². The summed E-state index contributed by atoms with van der Waals surface area (Å²) in [5.41, 5.74) is 8.04. The number of nitrogens with two attached hydrogens (primary N) is 1. The molecule has 0 aliphatic heterocycles. The molecule has 1 aliphatic carbocycles. The largest absolute Gasteiger partial charge is 0.444 e. The molecule has 0 bridgehead atoms. The molecule has 0 heterocycles. The van der Waals surface area contributed by atoms with Crippen LogP contribution in [0.3, 0.4) is 0 Å². The fourth-order valence-electron chi connectivity index (χ4n) is 4.88. The van der Waals surface area contributed by atoms with Gasteiger partial charge in [0.05, 0.1) is 0 Å². The topological polar surface area (TPSA) is 131 Å². The Morgan fingerprint density at radius 1 is 1.02 bits per heavy atom. The molecule has 1 aliphatic rings. The first kappa shape index (κ1) is 30.7. The van der Waals surface area contributed by atoms with Crippen LogP contribution in [0.5, 0.6) is 0 Å². The zero-order chi connectivity index (χ0) is 29.6. The van der Waals surface area contributed by atoms with Crippen molar-refractivity contribution < 1.29 is 23.9 Å². The predicted molar refractivity (Wildman–Crippen MR) is 153 cm³/mol. The van der Waals surface area contributed by atoms with Crippen LogP contribution in [0.1, 0.15) is 75.3 Å². The molecule has 4 N–H and O–H groups in total. The van der Waals surface area contributed by atoms with Crippen molar-refractivity contribution in [2.45, 2.75) is 91.1 Å². The third-order valence-electron chi connectivity index (χ3n) is 7.00. The number of hydrogen-bond donors (Lipinski definition) is 3. The average Bonchev–Trinajstić information content (AvgIpc) is 3.59. The van der Waals surface area contributed by atoms with E-state index in [1.54, 1.807) is 25.7 Å². The van der Waals surface area contributed by atoms with E-state index in [-0.39, 0.29) is 30.7 Å². The summed E-state index contributed by atoms with van der Waals surface area (Å²) >= 11 is 0. The second-order valence-electron chi connectivity index (χ2n) is 11.6. The van der Waals surface area contributed by atoms with Crippen LogP contribution in [-0.4, -0.2) is 46.4 Å². The summed E-state index contributed by atoms with van der Waals surface area (Å²) in [6.07, 6.45) is -0.199. The first-order valence-corrected chi connectivity index (χ1v) is 13.8. The second-order valence-corrected chi connectivity index (χ2v) is 11.6. The number of benzene rings is 2. The van der Waals surface area contributed by atoms with Crippen molar-refractivity contribution in [1.82, 2.24) is 15.5 Å². The van der Waals surface area contributed by atoms with E-state index in [0.717, 1.165) is 22.3 Å². The van der Waals surface area contributed by atoms with Crippen LogP contribution in [-0.2, 0) is 25.7 Å². The first-order valence-electron chi connectivity index (χ1n) is 13.8. The zero-order valence-electron chi connectivity index (χ0n) is 24.3. The Labute approximate surface area is 236 Å². The number of carbonyl (C=O) groups excluding carboxylic acids is 4. The van der Waals surface area contributed by atoms with E-state index >= 15 is 0 Å². The molecule has 1 fully saturated rings. The summed E-state index contributed by atoms with van der Waals surface area (Å²) < 4.78 is 5.40. The lowest BCUT2D eigenvalue weighted by Gasteiger charge is -2.36. The van der Waals surface area contributed by atoms with E-state index in [4.69, 9.17) is 10.5 Å². The first-order chi connectivity index (χ1) is 18.8. The molecule has 4 atom stereocenters. The summed E-state index contributed by atoms with van der Waals surface area (Å²) in [4.78, 5) is 54.3. The third kappa shape index (κ3) is 8.31. The maximum atomic E-state index is 14.3. The Bertz CT molecular complexity index is 1200. The van der Waals surface area contributed by atoms with Crippen molar-refractivity contribution in [2.24, 2.45) is 11.7 Å². The number of carbonyl (C=O) groups is 4. The molecule has 0 saturated heterocycles. The van der Waals surface area contributed by atoms with E-state index in [2.05, 4.69) is 10.6 Å². The van der Waals surface area contributed by atoms with E-state index in [1.165, 1.54) is 0 Å². The van der Waals surface area contributed by atoms with Crippen LogP contribution in [0.4, 0.5) is 4.79 Å². The van der Waals surface area contributed by atoms with Gasteiger partial charge >= 0.3 is 6.09 Å². The SMILES string of the molecule is Cc1cccc(C)c1C(C(=O)NCc1ccccc1)N(C(=O)C(CCC(N)=O)NC(=O)OC(C)(C)C)C1CC1C. The fraction of sp³-hybridized carbons (Fsp3) is 0.484. The van der Waals surface area contributed by atoms with Crippen LogP contribution >= 0.6 is 0 Å². The summed E-state index contributed by atoms with van der Waals surface area (Å²) in [5.74, 6) is -1.21. The number of aryl methyl sites for hydroxylation is 2. The molecule has 9 nitrogen and oxygen atoms in total. The van der Waals surface area contributed by atoms with E-state index < -0.39 is 35.6 Å². The van der Waals surface area contributed by atoms with Crippen LogP contribution < -0.4 is 16.4 Å². The van der Waals surface area contributed by atoms with Gasteiger partial charge in [0.1, 0.15) is 17.7 Å². The lowest BCUT2D eigenvalue weighted by Crippen LogP contribution is -2.54. The normalized spacial score (nSPS) is 17.8. The zero-order valence-corrected chi connectivity index (χ0v) is 24.3. The summed E-state index contributed by atoms with van der Waals surface area (Å²) in [6, 6.07) is 13.0. The molecule has 9 heteroatoms. The molecule has 3 rings (SSSR count). The fourth-order valence-corrected chi connectivity index (χ4v) is 4.88. The molecule has 0 spiro atoms. The number of hydrogen-bond acceptors (Lipinski definition) is 5. The Morgan fingerprint density at radius 3 is 2.15 bits per heavy atom. The smallest absolute Gasteiger partial charge is 0.408 e. The monoisotopic (exact) mass is 550 g/mol. The number of rotatable bonds is 11. The molecule has 40 heavy (non-hydrogen) atoms. The van der Waals surface area contributed by atoms with Gasteiger partial charge in [-0.05, 0) is 75.6 Å². The average molecular weight is 551 g/mol. The highest BCUT2D eigenvalue weighted by Crippen LogP contribution is 2.42. The maximum absolute atomic E-state index is 14.3. The van der Waals surface area contributed by atoms with Crippen LogP contribution in [0.2, 0.25) is 0 Å². The predicted octanol–water partition coefficient (Wildman–Crippen LogP) is 4.06. The number of nitrogens with zero attached hydrogens (tertiary/aromatic N) is 1. The molecule has 216 valence electrons. The number of ether oxygens (including phenoxy) is 1. The molecule has 0 radical (unpaired) electrons. The molecular weight excluding hydrogens is 508 g/mol. The minimum atomic E-state index is -1.11. The molecular formula is C31H42N4O5. The van der Waals surface area contributed by atoms with Gasteiger partial charge < -0.3 is 26.0 Å². The van der Waals surface area contributed by atoms with Gasteiger partial charge in [-0.1, -0.05) is 55.5 Å². The summed E-state index contributed by atoms with van der Waals surface area (Å²) in [7, 11) is 0. The van der Waals surface area contributed by atoms with Gasteiger partial charge in [-0.25, -0.2) is 4.79 Å².